The molecule has 0 amide bonds. The summed E-state index contributed by atoms with van der Waals surface area (Å²) in [4.78, 5) is 0. The second-order valence-corrected chi connectivity index (χ2v) is 1.26. The van der Waals surface area contributed by atoms with Gasteiger partial charge in [0, 0.05) is 6.42 Å². The molecule has 1 aliphatic rings. The van der Waals surface area contributed by atoms with Gasteiger partial charge in [0.15, 0.2) is 0 Å². The van der Waals surface area contributed by atoms with E-state index >= 15 is 0 Å². The molecule has 1 rings (SSSR count). The molecule has 0 N–H and O–H groups in total. The van der Waals surface area contributed by atoms with Crippen LogP contribution in [-0.2, 0) is 9.47 Å². The van der Waals surface area contributed by atoms with Gasteiger partial charge in [0.05, 0.1) is 0 Å². The SMILES string of the molecule is [CH2]CC1=COCO1. The van der Waals surface area contributed by atoms with Crippen molar-refractivity contribution in [1.82, 2.24) is 0 Å². The fourth-order valence-corrected chi connectivity index (χ4v) is 0.402. The molecule has 0 unspecified atom stereocenters. The molecule has 0 saturated carbocycles. The smallest absolute Gasteiger partial charge is 0.229 e. The Morgan fingerprint density at radius 1 is 1.86 bits per heavy atom. The molecule has 1 radical (unpaired) electrons. The first-order valence-corrected chi connectivity index (χ1v) is 2.16. The van der Waals surface area contributed by atoms with E-state index in [1.54, 1.807) is 6.26 Å². The zero-order chi connectivity index (χ0) is 5.11. The topological polar surface area (TPSA) is 18.5 Å². The molecule has 0 spiro atoms. The molecular weight excluding hydrogens is 92.1 g/mol. The van der Waals surface area contributed by atoms with E-state index < -0.39 is 0 Å². The predicted molar refractivity (Wildman–Crippen MR) is 25.1 cm³/mol. The third-order valence-electron chi connectivity index (χ3n) is 0.774. The van der Waals surface area contributed by atoms with Crippen LogP contribution in [-0.4, -0.2) is 6.79 Å². The van der Waals surface area contributed by atoms with E-state index in [-0.39, 0.29) is 0 Å². The number of hydrogen-bond donors (Lipinski definition) is 0. The molecule has 2 nitrogen and oxygen atoms in total. The van der Waals surface area contributed by atoms with Crippen LogP contribution in [0.1, 0.15) is 6.42 Å². The Balaban J connectivity index is 2.36. The summed E-state index contributed by atoms with van der Waals surface area (Å²) in [5.74, 6) is 0.833. The van der Waals surface area contributed by atoms with Gasteiger partial charge in [-0.2, -0.15) is 0 Å². The van der Waals surface area contributed by atoms with Crippen LogP contribution in [0.25, 0.3) is 0 Å². The quantitative estimate of drug-likeness (QED) is 0.489. The van der Waals surface area contributed by atoms with Gasteiger partial charge >= 0.3 is 0 Å². The maximum absolute atomic E-state index is 4.88. The first-order chi connectivity index (χ1) is 3.43. The minimum absolute atomic E-state index is 0.366. The van der Waals surface area contributed by atoms with E-state index in [9.17, 15) is 0 Å². The Hall–Kier alpha value is -0.660. The zero-order valence-corrected chi connectivity index (χ0v) is 4.02. The van der Waals surface area contributed by atoms with Crippen LogP contribution < -0.4 is 0 Å². The minimum atomic E-state index is 0.366. The molecule has 39 valence electrons. The maximum atomic E-state index is 4.88. The standard InChI is InChI=1S/C5H7O2/c1-2-5-3-6-4-7-5/h3H,1-2,4H2. The molecule has 0 aromatic heterocycles. The van der Waals surface area contributed by atoms with E-state index in [0.29, 0.717) is 13.2 Å². The molecule has 0 atom stereocenters. The van der Waals surface area contributed by atoms with Crippen molar-refractivity contribution in [2.24, 2.45) is 0 Å². The Morgan fingerprint density at radius 3 is 3.00 bits per heavy atom. The summed E-state index contributed by atoms with van der Waals surface area (Å²) < 4.78 is 9.60. The Labute approximate surface area is 42.7 Å². The number of rotatable bonds is 1. The lowest BCUT2D eigenvalue weighted by atomic mass is 10.4. The van der Waals surface area contributed by atoms with Crippen molar-refractivity contribution in [3.05, 3.63) is 18.9 Å². The fourth-order valence-electron chi connectivity index (χ4n) is 0.402. The van der Waals surface area contributed by atoms with Gasteiger partial charge in [-0.05, 0) is 6.92 Å². The van der Waals surface area contributed by atoms with Gasteiger partial charge in [-0.15, -0.1) is 0 Å². The Bertz CT molecular complexity index is 86.1. The van der Waals surface area contributed by atoms with Gasteiger partial charge < -0.3 is 9.47 Å². The van der Waals surface area contributed by atoms with Crippen molar-refractivity contribution in [1.29, 1.82) is 0 Å². The number of allylic oxidation sites excluding steroid dienone is 1. The highest BCUT2D eigenvalue weighted by molar-refractivity contribution is 4.90. The fraction of sp³-hybridized carbons (Fsp3) is 0.400. The van der Waals surface area contributed by atoms with Gasteiger partial charge in [0.2, 0.25) is 6.79 Å². The largest absolute Gasteiger partial charge is 0.462 e. The van der Waals surface area contributed by atoms with E-state index in [0.717, 1.165) is 5.76 Å². The van der Waals surface area contributed by atoms with Crippen molar-refractivity contribution < 1.29 is 9.47 Å². The molecule has 0 aliphatic carbocycles. The Morgan fingerprint density at radius 2 is 2.71 bits per heavy atom. The lowest BCUT2D eigenvalue weighted by Crippen LogP contribution is -1.81. The third-order valence-corrected chi connectivity index (χ3v) is 0.774. The van der Waals surface area contributed by atoms with E-state index in [2.05, 4.69) is 6.92 Å². The van der Waals surface area contributed by atoms with E-state index in [1.807, 2.05) is 0 Å². The monoisotopic (exact) mass is 99.0 g/mol. The van der Waals surface area contributed by atoms with E-state index in [4.69, 9.17) is 9.47 Å². The van der Waals surface area contributed by atoms with Crippen LogP contribution in [0, 0.1) is 6.92 Å². The molecule has 2 heteroatoms. The van der Waals surface area contributed by atoms with Crippen molar-refractivity contribution in [3.63, 3.8) is 0 Å². The summed E-state index contributed by atoms with van der Waals surface area (Å²) in [6.07, 6.45) is 2.27. The van der Waals surface area contributed by atoms with Gasteiger partial charge in [-0.1, -0.05) is 0 Å². The predicted octanol–water partition coefficient (Wildman–Crippen LogP) is 1.06. The molecule has 0 bridgehead atoms. The third kappa shape index (κ3) is 0.856. The summed E-state index contributed by atoms with van der Waals surface area (Å²) >= 11 is 0. The highest BCUT2D eigenvalue weighted by Crippen LogP contribution is 2.08. The summed E-state index contributed by atoms with van der Waals surface area (Å²) in [7, 11) is 0. The minimum Gasteiger partial charge on any atom is -0.462 e. The average Bonchev–Trinajstić information content (AvgIpc) is 2.14. The van der Waals surface area contributed by atoms with Crippen LogP contribution in [0.4, 0.5) is 0 Å². The number of ether oxygens (including phenoxy) is 2. The van der Waals surface area contributed by atoms with Crippen molar-refractivity contribution in [2.45, 2.75) is 6.42 Å². The molecular formula is C5H7O2. The summed E-state index contributed by atoms with van der Waals surface area (Å²) in [5, 5.41) is 0. The van der Waals surface area contributed by atoms with E-state index in [1.165, 1.54) is 0 Å². The first kappa shape index (κ1) is 4.50. The van der Waals surface area contributed by atoms with Crippen molar-refractivity contribution >= 4 is 0 Å². The first-order valence-electron chi connectivity index (χ1n) is 2.16. The molecule has 7 heavy (non-hydrogen) atoms. The lowest BCUT2D eigenvalue weighted by molar-refractivity contribution is 0.0793. The lowest BCUT2D eigenvalue weighted by Gasteiger charge is -1.91. The zero-order valence-electron chi connectivity index (χ0n) is 4.02. The van der Waals surface area contributed by atoms with Crippen molar-refractivity contribution in [2.75, 3.05) is 6.79 Å². The summed E-state index contributed by atoms with van der Waals surface area (Å²) in [6, 6.07) is 0. The molecule has 1 heterocycles. The van der Waals surface area contributed by atoms with Gasteiger partial charge in [0.25, 0.3) is 0 Å². The molecule has 0 fully saturated rings. The molecule has 0 aromatic carbocycles. The molecule has 0 aromatic rings. The maximum Gasteiger partial charge on any atom is 0.229 e. The van der Waals surface area contributed by atoms with Crippen LogP contribution in [0.15, 0.2) is 12.0 Å². The normalized spacial score (nSPS) is 17.6. The van der Waals surface area contributed by atoms with Crippen LogP contribution in [0.3, 0.4) is 0 Å². The van der Waals surface area contributed by atoms with Crippen molar-refractivity contribution in [3.8, 4) is 0 Å². The molecule has 1 aliphatic heterocycles. The van der Waals surface area contributed by atoms with Crippen LogP contribution in [0.2, 0.25) is 0 Å². The average molecular weight is 99.1 g/mol. The highest BCUT2D eigenvalue weighted by atomic mass is 16.7. The van der Waals surface area contributed by atoms with Crippen LogP contribution in [0.5, 0.6) is 0 Å². The van der Waals surface area contributed by atoms with Gasteiger partial charge in [-0.25, -0.2) is 0 Å². The second-order valence-electron chi connectivity index (χ2n) is 1.26. The van der Waals surface area contributed by atoms with Gasteiger partial charge in [-0.3, -0.25) is 0 Å². The number of hydrogen-bond acceptors (Lipinski definition) is 2. The highest BCUT2D eigenvalue weighted by Gasteiger charge is 2.00. The second kappa shape index (κ2) is 1.87. The Kier molecular flexibility index (Phi) is 1.20. The molecule has 0 saturated heterocycles. The van der Waals surface area contributed by atoms with Gasteiger partial charge in [0.1, 0.15) is 12.0 Å². The summed E-state index contributed by atoms with van der Waals surface area (Å²) in [6.45, 7) is 3.96. The summed E-state index contributed by atoms with van der Waals surface area (Å²) in [5.41, 5.74) is 0. The van der Waals surface area contributed by atoms with Crippen LogP contribution >= 0.6 is 0 Å².